The maximum absolute atomic E-state index is 3.49. The Balaban J connectivity index is 2.56. The Bertz CT molecular complexity index is 182. The van der Waals surface area contributed by atoms with Crippen molar-refractivity contribution in [2.75, 3.05) is 40.8 Å². The van der Waals surface area contributed by atoms with E-state index in [1.165, 1.54) is 26.1 Å². The van der Waals surface area contributed by atoms with Gasteiger partial charge in [-0.2, -0.15) is 0 Å². The maximum Gasteiger partial charge on any atom is 0.0373 e. The summed E-state index contributed by atoms with van der Waals surface area (Å²) in [5, 5.41) is 3.49. The molecule has 0 aromatic rings. The molecule has 2 unspecified atom stereocenters. The Hall–Kier alpha value is -0.120. The second-order valence-corrected chi connectivity index (χ2v) is 5.33. The van der Waals surface area contributed by atoms with Crippen molar-refractivity contribution in [1.82, 2.24) is 15.1 Å². The molecule has 3 nitrogen and oxygen atoms in total. The van der Waals surface area contributed by atoms with E-state index in [0.717, 1.165) is 5.92 Å². The molecule has 0 aromatic carbocycles. The van der Waals surface area contributed by atoms with Crippen LogP contribution < -0.4 is 5.32 Å². The lowest BCUT2D eigenvalue weighted by atomic mass is 9.95. The number of piperazine rings is 1. The summed E-state index contributed by atoms with van der Waals surface area (Å²) in [6.45, 7) is 8.19. The Morgan fingerprint density at radius 3 is 2.47 bits per heavy atom. The Kier molecular flexibility index (Phi) is 5.03. The third kappa shape index (κ3) is 3.74. The molecule has 1 aliphatic rings. The molecule has 0 radical (unpaired) electrons. The predicted octanol–water partition coefficient (Wildman–Crippen LogP) is 0.866. The lowest BCUT2D eigenvalue weighted by Crippen LogP contribution is -2.58. The molecule has 1 saturated heterocycles. The van der Waals surface area contributed by atoms with Crippen molar-refractivity contribution in [2.24, 2.45) is 5.92 Å². The topological polar surface area (TPSA) is 18.5 Å². The highest BCUT2D eigenvalue weighted by Gasteiger charge is 2.28. The van der Waals surface area contributed by atoms with Gasteiger partial charge in [0.15, 0.2) is 0 Å². The zero-order chi connectivity index (χ0) is 11.4. The van der Waals surface area contributed by atoms with Gasteiger partial charge in [-0.05, 0) is 33.5 Å². The first-order chi connectivity index (χ1) is 7.04. The Morgan fingerprint density at radius 2 is 1.93 bits per heavy atom. The summed E-state index contributed by atoms with van der Waals surface area (Å²) in [5.74, 6) is 0.767. The molecule has 0 bridgehead atoms. The van der Waals surface area contributed by atoms with Crippen molar-refractivity contribution in [3.8, 4) is 0 Å². The summed E-state index contributed by atoms with van der Waals surface area (Å²) in [4.78, 5) is 4.94. The summed E-state index contributed by atoms with van der Waals surface area (Å²) in [7, 11) is 6.57. The van der Waals surface area contributed by atoms with Crippen LogP contribution in [0.25, 0.3) is 0 Å². The van der Waals surface area contributed by atoms with E-state index in [2.05, 4.69) is 50.1 Å². The van der Waals surface area contributed by atoms with Gasteiger partial charge in [0.25, 0.3) is 0 Å². The number of likely N-dealkylation sites (N-methyl/N-ethyl adjacent to an activating group) is 3. The largest absolute Gasteiger partial charge is 0.315 e. The van der Waals surface area contributed by atoms with Crippen LogP contribution in [0.2, 0.25) is 0 Å². The molecule has 1 heterocycles. The van der Waals surface area contributed by atoms with Crippen LogP contribution >= 0.6 is 0 Å². The van der Waals surface area contributed by atoms with Crippen LogP contribution in [0.5, 0.6) is 0 Å². The molecule has 0 amide bonds. The molecule has 2 atom stereocenters. The van der Waals surface area contributed by atoms with Crippen LogP contribution in [0.1, 0.15) is 20.3 Å². The second kappa shape index (κ2) is 5.83. The molecular formula is C12H27N3. The molecule has 1 aliphatic heterocycles. The summed E-state index contributed by atoms with van der Waals surface area (Å²) in [6.07, 6.45) is 1.26. The number of rotatable bonds is 4. The van der Waals surface area contributed by atoms with E-state index in [9.17, 15) is 0 Å². The van der Waals surface area contributed by atoms with Gasteiger partial charge in [-0.1, -0.05) is 13.8 Å². The fraction of sp³-hybridized carbons (Fsp3) is 1.00. The maximum atomic E-state index is 3.49. The normalized spacial score (nSPS) is 27.2. The van der Waals surface area contributed by atoms with Crippen molar-refractivity contribution in [2.45, 2.75) is 32.4 Å². The van der Waals surface area contributed by atoms with E-state index in [0.29, 0.717) is 12.1 Å². The summed E-state index contributed by atoms with van der Waals surface area (Å²) >= 11 is 0. The summed E-state index contributed by atoms with van der Waals surface area (Å²) in [6, 6.07) is 1.29. The van der Waals surface area contributed by atoms with Gasteiger partial charge in [0.2, 0.25) is 0 Å². The fourth-order valence-corrected chi connectivity index (χ4v) is 2.45. The molecule has 1 N–H and O–H groups in total. The lowest BCUT2D eigenvalue weighted by molar-refractivity contribution is 0.0839. The minimum atomic E-state index is 0.623. The number of nitrogens with one attached hydrogen (secondary N) is 1. The number of hydrogen-bond donors (Lipinski definition) is 1. The van der Waals surface area contributed by atoms with Gasteiger partial charge in [-0.15, -0.1) is 0 Å². The molecule has 0 aromatic heterocycles. The van der Waals surface area contributed by atoms with Gasteiger partial charge < -0.3 is 10.2 Å². The first kappa shape index (κ1) is 12.9. The molecule has 0 saturated carbocycles. The number of hydrogen-bond acceptors (Lipinski definition) is 3. The SMILES string of the molecule is CNC(CC(C)C)C1CN(C)CCN1C. The highest BCUT2D eigenvalue weighted by atomic mass is 15.3. The monoisotopic (exact) mass is 213 g/mol. The summed E-state index contributed by atoms with van der Waals surface area (Å²) in [5.41, 5.74) is 0. The first-order valence-electron chi connectivity index (χ1n) is 6.10. The van der Waals surface area contributed by atoms with Crippen LogP contribution in [0, 0.1) is 5.92 Å². The molecule has 90 valence electrons. The minimum absolute atomic E-state index is 0.623. The highest BCUT2D eigenvalue weighted by molar-refractivity contribution is 4.88. The van der Waals surface area contributed by atoms with Gasteiger partial charge in [0.1, 0.15) is 0 Å². The highest BCUT2D eigenvalue weighted by Crippen LogP contribution is 2.15. The smallest absolute Gasteiger partial charge is 0.0373 e. The zero-order valence-corrected chi connectivity index (χ0v) is 11.0. The van der Waals surface area contributed by atoms with Crippen LogP contribution in [-0.2, 0) is 0 Å². The van der Waals surface area contributed by atoms with Crippen LogP contribution in [0.4, 0.5) is 0 Å². The fourth-order valence-electron chi connectivity index (χ4n) is 2.45. The van der Waals surface area contributed by atoms with Crippen LogP contribution in [0.15, 0.2) is 0 Å². The molecular weight excluding hydrogens is 186 g/mol. The average molecular weight is 213 g/mol. The third-order valence-corrected chi connectivity index (χ3v) is 3.46. The van der Waals surface area contributed by atoms with Crippen LogP contribution in [-0.4, -0.2) is 62.7 Å². The van der Waals surface area contributed by atoms with Crippen molar-refractivity contribution in [1.29, 1.82) is 0 Å². The van der Waals surface area contributed by atoms with E-state index in [1.54, 1.807) is 0 Å². The Morgan fingerprint density at radius 1 is 1.27 bits per heavy atom. The molecule has 1 rings (SSSR count). The standard InChI is InChI=1S/C12H27N3/c1-10(2)8-11(13-3)12-9-14(4)6-7-15(12)5/h10-13H,6-9H2,1-5H3. The Labute approximate surface area is 94.8 Å². The van der Waals surface area contributed by atoms with Crippen molar-refractivity contribution >= 4 is 0 Å². The zero-order valence-electron chi connectivity index (χ0n) is 11.0. The van der Waals surface area contributed by atoms with E-state index >= 15 is 0 Å². The van der Waals surface area contributed by atoms with Gasteiger partial charge in [0.05, 0.1) is 0 Å². The summed E-state index contributed by atoms with van der Waals surface area (Å²) < 4.78 is 0. The van der Waals surface area contributed by atoms with Crippen LogP contribution in [0.3, 0.4) is 0 Å². The molecule has 1 fully saturated rings. The van der Waals surface area contributed by atoms with E-state index in [1.807, 2.05) is 0 Å². The number of nitrogens with zero attached hydrogens (tertiary/aromatic N) is 2. The molecule has 15 heavy (non-hydrogen) atoms. The third-order valence-electron chi connectivity index (χ3n) is 3.46. The lowest BCUT2D eigenvalue weighted by Gasteiger charge is -2.42. The van der Waals surface area contributed by atoms with Gasteiger partial charge in [-0.3, -0.25) is 4.90 Å². The van der Waals surface area contributed by atoms with E-state index in [-0.39, 0.29) is 0 Å². The van der Waals surface area contributed by atoms with Crippen molar-refractivity contribution in [3.63, 3.8) is 0 Å². The molecule has 0 aliphatic carbocycles. The van der Waals surface area contributed by atoms with E-state index < -0.39 is 0 Å². The molecule has 3 heteroatoms. The van der Waals surface area contributed by atoms with Gasteiger partial charge in [0, 0.05) is 31.7 Å². The average Bonchev–Trinajstić information content (AvgIpc) is 2.18. The van der Waals surface area contributed by atoms with Gasteiger partial charge in [-0.25, -0.2) is 0 Å². The van der Waals surface area contributed by atoms with E-state index in [4.69, 9.17) is 0 Å². The predicted molar refractivity (Wildman–Crippen MR) is 66.2 cm³/mol. The van der Waals surface area contributed by atoms with Crippen molar-refractivity contribution in [3.05, 3.63) is 0 Å². The van der Waals surface area contributed by atoms with Gasteiger partial charge >= 0.3 is 0 Å². The van der Waals surface area contributed by atoms with Crippen molar-refractivity contribution < 1.29 is 0 Å². The minimum Gasteiger partial charge on any atom is -0.315 e. The second-order valence-electron chi connectivity index (χ2n) is 5.33. The quantitative estimate of drug-likeness (QED) is 0.747. The first-order valence-corrected chi connectivity index (χ1v) is 6.10. The molecule has 0 spiro atoms.